The average Bonchev–Trinajstić information content (AvgIpc) is 3.26. The molecule has 0 aliphatic heterocycles. The maximum atomic E-state index is 13.4. The molecule has 1 unspecified atom stereocenters. The molecule has 5 heteroatoms. The number of nitrogens with two attached hydrogens (primary N) is 1. The van der Waals surface area contributed by atoms with Gasteiger partial charge in [0, 0.05) is 11.2 Å². The van der Waals surface area contributed by atoms with E-state index in [4.69, 9.17) is 5.73 Å². The Morgan fingerprint density at radius 3 is 2.86 bits per heavy atom. The second-order valence-electron chi connectivity index (χ2n) is 6.05. The zero-order valence-corrected chi connectivity index (χ0v) is 13.0. The van der Waals surface area contributed by atoms with Crippen molar-refractivity contribution < 1.29 is 9.18 Å². The van der Waals surface area contributed by atoms with Gasteiger partial charge in [-0.05, 0) is 61.8 Å². The van der Waals surface area contributed by atoms with Crippen molar-refractivity contribution in [2.45, 2.75) is 32.2 Å². The van der Waals surface area contributed by atoms with Crippen LogP contribution in [0.2, 0.25) is 0 Å². The van der Waals surface area contributed by atoms with Gasteiger partial charge in [0.15, 0.2) is 0 Å². The Morgan fingerprint density at radius 1 is 1.52 bits per heavy atom. The summed E-state index contributed by atoms with van der Waals surface area (Å²) in [6.07, 6.45) is 2.23. The van der Waals surface area contributed by atoms with Gasteiger partial charge in [0.25, 0.3) is 5.91 Å². The first-order chi connectivity index (χ1) is 9.94. The van der Waals surface area contributed by atoms with E-state index in [2.05, 4.69) is 5.32 Å². The van der Waals surface area contributed by atoms with Crippen LogP contribution in [-0.4, -0.2) is 18.0 Å². The number of hydrogen-bond donors (Lipinski definition) is 2. The van der Waals surface area contributed by atoms with Crippen molar-refractivity contribution in [3.63, 3.8) is 0 Å². The molecule has 1 atom stereocenters. The normalized spacial score (nSPS) is 17.7. The van der Waals surface area contributed by atoms with Gasteiger partial charge in [0.1, 0.15) is 5.82 Å². The lowest BCUT2D eigenvalue weighted by atomic mass is 9.95. The van der Waals surface area contributed by atoms with Crippen molar-refractivity contribution in [1.82, 2.24) is 5.32 Å². The van der Waals surface area contributed by atoms with Crippen molar-refractivity contribution in [2.24, 2.45) is 11.7 Å². The summed E-state index contributed by atoms with van der Waals surface area (Å²) in [5, 5.41) is 3.90. The maximum absolute atomic E-state index is 13.4. The van der Waals surface area contributed by atoms with Gasteiger partial charge < -0.3 is 11.1 Å². The molecule has 21 heavy (non-hydrogen) atoms. The van der Waals surface area contributed by atoms with E-state index in [1.165, 1.54) is 23.5 Å². The molecule has 0 bridgehead atoms. The van der Waals surface area contributed by atoms with Gasteiger partial charge in [-0.3, -0.25) is 4.79 Å². The zero-order valence-electron chi connectivity index (χ0n) is 12.2. The molecule has 1 amide bonds. The highest BCUT2D eigenvalue weighted by atomic mass is 32.1. The van der Waals surface area contributed by atoms with Gasteiger partial charge in [-0.25, -0.2) is 4.39 Å². The Bertz CT molecular complexity index is 708. The Balaban J connectivity index is 1.92. The lowest BCUT2D eigenvalue weighted by Gasteiger charge is -2.29. The molecule has 1 aliphatic carbocycles. The van der Waals surface area contributed by atoms with E-state index in [9.17, 15) is 9.18 Å². The van der Waals surface area contributed by atoms with Crippen molar-refractivity contribution in [3.8, 4) is 0 Å². The number of hydrogen-bond acceptors (Lipinski definition) is 3. The molecule has 2 aromatic rings. The van der Waals surface area contributed by atoms with Crippen LogP contribution < -0.4 is 11.1 Å². The van der Waals surface area contributed by atoms with Gasteiger partial charge >= 0.3 is 0 Å². The third-order valence-corrected chi connectivity index (χ3v) is 5.68. The molecule has 1 saturated carbocycles. The molecule has 3 N–H and O–H groups in total. The van der Waals surface area contributed by atoms with Gasteiger partial charge in [0.05, 0.1) is 10.4 Å². The lowest BCUT2D eigenvalue weighted by Crippen LogP contribution is -2.53. The number of rotatable bonds is 4. The minimum Gasteiger partial charge on any atom is -0.345 e. The third kappa shape index (κ3) is 2.56. The van der Waals surface area contributed by atoms with Crippen molar-refractivity contribution in [2.75, 3.05) is 6.54 Å². The van der Waals surface area contributed by atoms with E-state index in [-0.39, 0.29) is 17.3 Å². The minimum absolute atomic E-state index is 0.103. The van der Waals surface area contributed by atoms with Crippen molar-refractivity contribution >= 4 is 27.3 Å². The quantitative estimate of drug-likeness (QED) is 0.911. The molecule has 1 aromatic carbocycles. The Kier molecular flexibility index (Phi) is 3.50. The number of amides is 1. The molecule has 0 saturated heterocycles. The highest BCUT2D eigenvalue weighted by Crippen LogP contribution is 2.39. The SMILES string of the molecule is Cc1c(C(=O)NC(C)(CN)C2CC2)sc2ccc(F)cc12. The van der Waals surface area contributed by atoms with Crippen LogP contribution >= 0.6 is 11.3 Å². The Labute approximate surface area is 127 Å². The predicted molar refractivity (Wildman–Crippen MR) is 84.2 cm³/mol. The molecular formula is C16H19FN2OS. The van der Waals surface area contributed by atoms with Crippen LogP contribution in [-0.2, 0) is 0 Å². The Hall–Kier alpha value is -1.46. The van der Waals surface area contributed by atoms with Crippen LogP contribution in [0.3, 0.4) is 0 Å². The smallest absolute Gasteiger partial charge is 0.262 e. The summed E-state index contributed by atoms with van der Waals surface area (Å²) in [5.41, 5.74) is 6.34. The fourth-order valence-electron chi connectivity index (χ4n) is 2.77. The van der Waals surface area contributed by atoms with E-state index in [0.29, 0.717) is 17.3 Å². The molecule has 3 nitrogen and oxygen atoms in total. The summed E-state index contributed by atoms with van der Waals surface area (Å²) in [4.78, 5) is 13.2. The first-order valence-corrected chi connectivity index (χ1v) is 7.97. The highest BCUT2D eigenvalue weighted by Gasteiger charge is 2.42. The molecule has 1 heterocycles. The van der Waals surface area contributed by atoms with Gasteiger partial charge in [-0.15, -0.1) is 11.3 Å². The minimum atomic E-state index is -0.342. The number of carbonyl (C=O) groups excluding carboxylic acids is 1. The molecular weight excluding hydrogens is 287 g/mol. The fraction of sp³-hybridized carbons (Fsp3) is 0.438. The summed E-state index contributed by atoms with van der Waals surface area (Å²) >= 11 is 1.40. The number of fused-ring (bicyclic) bond motifs is 1. The van der Waals surface area contributed by atoms with Crippen LogP contribution in [0.1, 0.15) is 35.0 Å². The molecule has 1 fully saturated rings. The highest BCUT2D eigenvalue weighted by molar-refractivity contribution is 7.21. The molecule has 1 aliphatic rings. The maximum Gasteiger partial charge on any atom is 0.262 e. The van der Waals surface area contributed by atoms with Crippen LogP contribution in [0.15, 0.2) is 18.2 Å². The average molecular weight is 306 g/mol. The van der Waals surface area contributed by atoms with Gasteiger partial charge in [-0.2, -0.15) is 0 Å². The van der Waals surface area contributed by atoms with Gasteiger partial charge in [0.2, 0.25) is 0 Å². The second kappa shape index (κ2) is 5.07. The van der Waals surface area contributed by atoms with E-state index in [0.717, 1.165) is 28.5 Å². The molecule has 0 radical (unpaired) electrons. The zero-order chi connectivity index (χ0) is 15.2. The second-order valence-corrected chi connectivity index (χ2v) is 7.10. The number of halogens is 1. The van der Waals surface area contributed by atoms with E-state index in [1.54, 1.807) is 6.07 Å². The third-order valence-electron chi connectivity index (χ3n) is 4.41. The summed E-state index contributed by atoms with van der Waals surface area (Å²) < 4.78 is 14.3. The standard InChI is InChI=1S/C16H19FN2OS/c1-9-12-7-11(17)5-6-13(12)21-14(9)15(20)19-16(2,8-18)10-3-4-10/h5-7,10H,3-4,8,18H2,1-2H3,(H,19,20). The van der Waals surface area contributed by atoms with Crippen LogP contribution in [0.5, 0.6) is 0 Å². The summed E-state index contributed by atoms with van der Waals surface area (Å²) in [6.45, 7) is 4.30. The summed E-state index contributed by atoms with van der Waals surface area (Å²) in [7, 11) is 0. The fourth-order valence-corrected chi connectivity index (χ4v) is 3.85. The summed E-state index contributed by atoms with van der Waals surface area (Å²) in [5.74, 6) is 0.0904. The Morgan fingerprint density at radius 2 is 2.24 bits per heavy atom. The van der Waals surface area contributed by atoms with Crippen LogP contribution in [0.25, 0.3) is 10.1 Å². The number of benzene rings is 1. The number of nitrogens with one attached hydrogen (secondary N) is 1. The summed E-state index contributed by atoms with van der Waals surface area (Å²) in [6, 6.07) is 4.64. The van der Waals surface area contributed by atoms with Crippen LogP contribution in [0, 0.1) is 18.7 Å². The van der Waals surface area contributed by atoms with Gasteiger partial charge in [-0.1, -0.05) is 0 Å². The van der Waals surface area contributed by atoms with Crippen molar-refractivity contribution in [3.05, 3.63) is 34.5 Å². The topological polar surface area (TPSA) is 55.1 Å². The van der Waals surface area contributed by atoms with Crippen molar-refractivity contribution in [1.29, 1.82) is 0 Å². The first kappa shape index (κ1) is 14.5. The predicted octanol–water partition coefficient (Wildman–Crippen LogP) is 3.21. The first-order valence-electron chi connectivity index (χ1n) is 7.16. The van der Waals surface area contributed by atoms with E-state index < -0.39 is 0 Å². The van der Waals surface area contributed by atoms with E-state index >= 15 is 0 Å². The molecule has 3 rings (SSSR count). The lowest BCUT2D eigenvalue weighted by molar-refractivity contribution is 0.0901. The van der Waals surface area contributed by atoms with Crippen LogP contribution in [0.4, 0.5) is 4.39 Å². The molecule has 1 aromatic heterocycles. The molecule has 0 spiro atoms. The number of carbonyl (C=O) groups is 1. The number of thiophene rings is 1. The monoisotopic (exact) mass is 306 g/mol. The van der Waals surface area contributed by atoms with E-state index in [1.807, 2.05) is 13.8 Å². The number of aryl methyl sites for hydroxylation is 1. The largest absolute Gasteiger partial charge is 0.345 e. The molecule has 112 valence electrons.